The third-order valence-electron chi connectivity index (χ3n) is 3.70. The summed E-state index contributed by atoms with van der Waals surface area (Å²) in [5.74, 6) is -0.0911. The van der Waals surface area contributed by atoms with E-state index in [-0.39, 0.29) is 17.7 Å². The fourth-order valence-corrected chi connectivity index (χ4v) is 2.50. The molecule has 0 radical (unpaired) electrons. The molecule has 1 aromatic heterocycles. The molecular formula is C20H25N3O2. The zero-order valence-electron chi connectivity index (χ0n) is 14.7. The molecular weight excluding hydrogens is 314 g/mol. The molecule has 2 aromatic rings. The van der Waals surface area contributed by atoms with Crippen LogP contribution in [0.4, 0.5) is 0 Å². The van der Waals surface area contributed by atoms with E-state index in [1.54, 1.807) is 6.20 Å². The van der Waals surface area contributed by atoms with Crippen LogP contribution in [0, 0.1) is 5.92 Å². The van der Waals surface area contributed by atoms with Crippen molar-refractivity contribution in [3.8, 4) is 0 Å². The third-order valence-corrected chi connectivity index (χ3v) is 3.70. The van der Waals surface area contributed by atoms with Crippen LogP contribution in [0.3, 0.4) is 0 Å². The van der Waals surface area contributed by atoms with Crippen molar-refractivity contribution in [3.05, 3.63) is 66.0 Å². The number of hydrogen-bond acceptors (Lipinski definition) is 3. The lowest BCUT2D eigenvalue weighted by Crippen LogP contribution is -2.41. The molecule has 0 bridgehead atoms. The Morgan fingerprint density at radius 2 is 1.76 bits per heavy atom. The Bertz CT molecular complexity index is 672. The first-order valence-corrected chi connectivity index (χ1v) is 8.58. The first-order valence-electron chi connectivity index (χ1n) is 8.58. The summed E-state index contributed by atoms with van der Waals surface area (Å²) in [5.41, 5.74) is 1.69. The van der Waals surface area contributed by atoms with E-state index in [9.17, 15) is 9.59 Å². The van der Waals surface area contributed by atoms with E-state index >= 15 is 0 Å². The van der Waals surface area contributed by atoms with Crippen molar-refractivity contribution in [1.82, 2.24) is 15.6 Å². The van der Waals surface area contributed by atoms with Gasteiger partial charge in [-0.05, 0) is 23.6 Å². The van der Waals surface area contributed by atoms with Crippen molar-refractivity contribution in [1.29, 1.82) is 0 Å². The number of aromatic nitrogens is 1. The largest absolute Gasteiger partial charge is 0.354 e. The molecule has 0 saturated heterocycles. The fourth-order valence-electron chi connectivity index (χ4n) is 2.50. The Balaban J connectivity index is 1.98. The minimum Gasteiger partial charge on any atom is -0.354 e. The van der Waals surface area contributed by atoms with Crippen molar-refractivity contribution in [3.63, 3.8) is 0 Å². The van der Waals surface area contributed by atoms with Gasteiger partial charge in [-0.2, -0.15) is 0 Å². The molecule has 1 heterocycles. The van der Waals surface area contributed by atoms with E-state index in [0.29, 0.717) is 19.4 Å². The summed E-state index contributed by atoms with van der Waals surface area (Å²) in [5, 5.41) is 5.74. The van der Waals surface area contributed by atoms with Crippen LogP contribution in [-0.4, -0.2) is 23.3 Å². The van der Waals surface area contributed by atoms with Gasteiger partial charge in [-0.15, -0.1) is 0 Å². The van der Waals surface area contributed by atoms with Gasteiger partial charge in [0.15, 0.2) is 0 Å². The molecule has 5 heteroatoms. The average molecular weight is 339 g/mol. The molecule has 5 nitrogen and oxygen atoms in total. The molecule has 0 aliphatic carbocycles. The molecule has 2 amide bonds. The standard InChI is InChI=1S/C20H25N3O2/c1-15(2)14-18(24)23-19(16-8-4-3-5-9-16)20(25)22-13-11-17-10-6-7-12-21-17/h3-10,12,15,19H,11,13-14H2,1-2H3,(H,22,25)(H,23,24)/t19-/m1/s1. The SMILES string of the molecule is CC(C)CC(=O)N[C@@H](C(=O)NCCc1ccccn1)c1ccccc1. The molecule has 2 N–H and O–H groups in total. The smallest absolute Gasteiger partial charge is 0.247 e. The maximum atomic E-state index is 12.6. The van der Waals surface area contributed by atoms with Crippen LogP contribution in [0.5, 0.6) is 0 Å². The number of hydrogen-bond donors (Lipinski definition) is 2. The van der Waals surface area contributed by atoms with Gasteiger partial charge in [0.2, 0.25) is 11.8 Å². The van der Waals surface area contributed by atoms with Crippen molar-refractivity contribution >= 4 is 11.8 Å². The topological polar surface area (TPSA) is 71.1 Å². The second kappa shape index (κ2) is 9.57. The summed E-state index contributed by atoms with van der Waals surface area (Å²) in [4.78, 5) is 29.0. The van der Waals surface area contributed by atoms with Gasteiger partial charge < -0.3 is 10.6 Å². The number of benzene rings is 1. The number of nitrogens with one attached hydrogen (secondary N) is 2. The fraction of sp³-hybridized carbons (Fsp3) is 0.350. The third kappa shape index (κ3) is 6.37. The highest BCUT2D eigenvalue weighted by Gasteiger charge is 2.22. The molecule has 132 valence electrons. The summed E-state index contributed by atoms with van der Waals surface area (Å²) in [7, 11) is 0. The Hall–Kier alpha value is -2.69. The van der Waals surface area contributed by atoms with E-state index in [0.717, 1.165) is 11.3 Å². The van der Waals surface area contributed by atoms with Crippen LogP contribution in [0.15, 0.2) is 54.7 Å². The molecule has 2 rings (SSSR count). The Kier molecular flexibility index (Phi) is 7.14. The number of carbonyl (C=O) groups excluding carboxylic acids is 2. The molecule has 0 spiro atoms. The lowest BCUT2D eigenvalue weighted by Gasteiger charge is -2.19. The maximum absolute atomic E-state index is 12.6. The number of pyridine rings is 1. The minimum atomic E-state index is -0.684. The monoisotopic (exact) mass is 339 g/mol. The van der Waals surface area contributed by atoms with Gasteiger partial charge in [-0.1, -0.05) is 50.2 Å². The van der Waals surface area contributed by atoms with E-state index < -0.39 is 6.04 Å². The summed E-state index contributed by atoms with van der Waals surface area (Å²) in [6.45, 7) is 4.42. The van der Waals surface area contributed by atoms with Crippen molar-refractivity contribution in [2.24, 2.45) is 5.92 Å². The van der Waals surface area contributed by atoms with Gasteiger partial charge in [-0.25, -0.2) is 0 Å². The highest BCUT2D eigenvalue weighted by Crippen LogP contribution is 2.14. The molecule has 0 unspecified atom stereocenters. The van der Waals surface area contributed by atoms with Crippen LogP contribution >= 0.6 is 0 Å². The highest BCUT2D eigenvalue weighted by atomic mass is 16.2. The number of carbonyl (C=O) groups is 2. The zero-order valence-corrected chi connectivity index (χ0v) is 14.7. The Morgan fingerprint density at radius 3 is 2.40 bits per heavy atom. The lowest BCUT2D eigenvalue weighted by molar-refractivity contribution is -0.129. The van der Waals surface area contributed by atoms with Crippen LogP contribution in [-0.2, 0) is 16.0 Å². The predicted molar refractivity (Wildman–Crippen MR) is 97.7 cm³/mol. The Labute approximate surface area is 148 Å². The van der Waals surface area contributed by atoms with Gasteiger partial charge >= 0.3 is 0 Å². The van der Waals surface area contributed by atoms with E-state index in [2.05, 4.69) is 15.6 Å². The van der Waals surface area contributed by atoms with E-state index in [1.165, 1.54) is 0 Å². The van der Waals surface area contributed by atoms with E-state index in [4.69, 9.17) is 0 Å². The van der Waals surface area contributed by atoms with Crippen LogP contribution in [0.2, 0.25) is 0 Å². The molecule has 0 aliphatic rings. The first kappa shape index (κ1) is 18.6. The van der Waals surface area contributed by atoms with Crippen LogP contribution in [0.1, 0.15) is 37.6 Å². The van der Waals surface area contributed by atoms with Gasteiger partial charge in [0, 0.05) is 31.3 Å². The highest BCUT2D eigenvalue weighted by molar-refractivity contribution is 5.88. The molecule has 25 heavy (non-hydrogen) atoms. The molecule has 1 aromatic carbocycles. The molecule has 0 aliphatic heterocycles. The summed E-state index contributed by atoms with van der Waals surface area (Å²) in [6.07, 6.45) is 2.77. The lowest BCUT2D eigenvalue weighted by atomic mass is 10.0. The van der Waals surface area contributed by atoms with Crippen LogP contribution in [0.25, 0.3) is 0 Å². The van der Waals surface area contributed by atoms with Crippen molar-refractivity contribution in [2.75, 3.05) is 6.54 Å². The summed E-state index contributed by atoms with van der Waals surface area (Å²) < 4.78 is 0. The quantitative estimate of drug-likeness (QED) is 0.777. The summed E-state index contributed by atoms with van der Waals surface area (Å²) >= 11 is 0. The summed E-state index contributed by atoms with van der Waals surface area (Å²) in [6, 6.07) is 14.3. The van der Waals surface area contributed by atoms with Gasteiger partial charge in [0.05, 0.1) is 0 Å². The molecule has 0 fully saturated rings. The molecule has 0 saturated carbocycles. The van der Waals surface area contributed by atoms with Crippen molar-refractivity contribution < 1.29 is 9.59 Å². The second-order valence-corrected chi connectivity index (χ2v) is 6.37. The van der Waals surface area contributed by atoms with Crippen LogP contribution < -0.4 is 10.6 Å². The normalized spacial score (nSPS) is 11.8. The van der Waals surface area contributed by atoms with Crippen molar-refractivity contribution in [2.45, 2.75) is 32.7 Å². The first-order chi connectivity index (χ1) is 12.1. The Morgan fingerprint density at radius 1 is 1.04 bits per heavy atom. The average Bonchev–Trinajstić information content (AvgIpc) is 2.60. The maximum Gasteiger partial charge on any atom is 0.247 e. The second-order valence-electron chi connectivity index (χ2n) is 6.37. The van der Waals surface area contributed by atoms with Gasteiger partial charge in [0.25, 0.3) is 0 Å². The molecule has 1 atom stereocenters. The zero-order chi connectivity index (χ0) is 18.1. The van der Waals surface area contributed by atoms with Gasteiger partial charge in [-0.3, -0.25) is 14.6 Å². The van der Waals surface area contributed by atoms with E-state index in [1.807, 2.05) is 62.4 Å². The number of nitrogens with zero attached hydrogens (tertiary/aromatic N) is 1. The van der Waals surface area contributed by atoms with Gasteiger partial charge in [0.1, 0.15) is 6.04 Å². The number of rotatable bonds is 8. The predicted octanol–water partition coefficient (Wildman–Crippen LogP) is 2.64. The minimum absolute atomic E-state index is 0.122. The number of amides is 2.